The number of fused-ring (bicyclic) bond motifs is 5. The molecule has 1 aliphatic rings. The number of rotatable bonds is 1. The standard InChI is InChI=1S/C16H12N2O2/c19-16-13-4-2-1-3-12(13)14-8-9-7-10(18-20)5-6-11(9)15(14)17-16/h1-7,18,20H,8H2,(H,17,19). The molecule has 1 aromatic heterocycles. The molecule has 4 nitrogen and oxygen atoms in total. The van der Waals surface area contributed by atoms with Crippen molar-refractivity contribution in [3.8, 4) is 11.3 Å². The lowest BCUT2D eigenvalue weighted by Gasteiger charge is -2.05. The summed E-state index contributed by atoms with van der Waals surface area (Å²) in [5.74, 6) is 0. The summed E-state index contributed by atoms with van der Waals surface area (Å²) in [7, 11) is 0. The van der Waals surface area contributed by atoms with Gasteiger partial charge in [0, 0.05) is 17.4 Å². The average molecular weight is 264 g/mol. The van der Waals surface area contributed by atoms with Crippen LogP contribution >= 0.6 is 0 Å². The maximum Gasteiger partial charge on any atom is 0.256 e. The van der Waals surface area contributed by atoms with E-state index in [1.54, 1.807) is 6.07 Å². The van der Waals surface area contributed by atoms with Gasteiger partial charge in [0.05, 0.1) is 11.4 Å². The summed E-state index contributed by atoms with van der Waals surface area (Å²) in [5, 5.41) is 10.7. The second-order valence-electron chi connectivity index (χ2n) is 5.01. The molecule has 4 rings (SSSR count). The lowest BCUT2D eigenvalue weighted by Crippen LogP contribution is -2.08. The van der Waals surface area contributed by atoms with E-state index in [0.717, 1.165) is 39.6 Å². The molecule has 2 aromatic carbocycles. The van der Waals surface area contributed by atoms with Crippen LogP contribution in [0, 0.1) is 0 Å². The van der Waals surface area contributed by atoms with Gasteiger partial charge in [-0.15, -0.1) is 0 Å². The normalized spacial score (nSPS) is 12.2. The Balaban J connectivity index is 2.05. The van der Waals surface area contributed by atoms with Crippen LogP contribution in [0.2, 0.25) is 0 Å². The van der Waals surface area contributed by atoms with Gasteiger partial charge in [-0.1, -0.05) is 24.3 Å². The first-order valence-corrected chi connectivity index (χ1v) is 6.45. The van der Waals surface area contributed by atoms with E-state index in [4.69, 9.17) is 5.21 Å². The molecule has 0 saturated carbocycles. The molecule has 0 spiro atoms. The molecular weight excluding hydrogens is 252 g/mol. The first-order chi connectivity index (χ1) is 9.78. The summed E-state index contributed by atoms with van der Waals surface area (Å²) in [6.45, 7) is 0. The van der Waals surface area contributed by atoms with Gasteiger partial charge in [0.25, 0.3) is 5.56 Å². The Morgan fingerprint density at radius 3 is 2.70 bits per heavy atom. The summed E-state index contributed by atoms with van der Waals surface area (Å²) in [5.41, 5.74) is 6.93. The van der Waals surface area contributed by atoms with Crippen LogP contribution in [-0.4, -0.2) is 10.2 Å². The molecule has 98 valence electrons. The second-order valence-corrected chi connectivity index (χ2v) is 5.01. The Bertz CT molecular complexity index is 897. The predicted molar refractivity (Wildman–Crippen MR) is 78.2 cm³/mol. The Hall–Kier alpha value is -2.59. The highest BCUT2D eigenvalue weighted by Crippen LogP contribution is 2.38. The largest absolute Gasteiger partial charge is 0.321 e. The maximum atomic E-state index is 12.2. The Morgan fingerprint density at radius 1 is 1.10 bits per heavy atom. The van der Waals surface area contributed by atoms with E-state index in [0.29, 0.717) is 5.69 Å². The molecule has 20 heavy (non-hydrogen) atoms. The Labute approximate surface area is 114 Å². The number of hydrogen-bond donors (Lipinski definition) is 3. The van der Waals surface area contributed by atoms with Crippen LogP contribution in [0.25, 0.3) is 22.0 Å². The minimum atomic E-state index is -0.0587. The smallest absolute Gasteiger partial charge is 0.256 e. The summed E-state index contributed by atoms with van der Waals surface area (Å²) >= 11 is 0. The first-order valence-electron chi connectivity index (χ1n) is 6.45. The zero-order chi connectivity index (χ0) is 13.7. The van der Waals surface area contributed by atoms with E-state index >= 15 is 0 Å². The quantitative estimate of drug-likeness (QED) is 0.463. The number of aromatic amines is 1. The number of nitrogens with one attached hydrogen (secondary N) is 2. The third-order valence-electron chi connectivity index (χ3n) is 3.91. The number of benzene rings is 2. The molecule has 3 N–H and O–H groups in total. The van der Waals surface area contributed by atoms with E-state index in [2.05, 4.69) is 10.5 Å². The third kappa shape index (κ3) is 1.42. The Kier molecular flexibility index (Phi) is 2.22. The highest BCUT2D eigenvalue weighted by atomic mass is 16.5. The lowest BCUT2D eigenvalue weighted by molar-refractivity contribution is 0.389. The molecule has 0 bridgehead atoms. The van der Waals surface area contributed by atoms with Crippen molar-refractivity contribution in [2.45, 2.75) is 6.42 Å². The van der Waals surface area contributed by atoms with Crippen molar-refractivity contribution < 1.29 is 5.21 Å². The second kappa shape index (κ2) is 3.95. The van der Waals surface area contributed by atoms with Gasteiger partial charge in [0.2, 0.25) is 0 Å². The van der Waals surface area contributed by atoms with Crippen molar-refractivity contribution in [1.82, 2.24) is 4.98 Å². The van der Waals surface area contributed by atoms with E-state index in [1.165, 1.54) is 0 Å². The summed E-state index contributed by atoms with van der Waals surface area (Å²) < 4.78 is 0. The zero-order valence-electron chi connectivity index (χ0n) is 10.6. The van der Waals surface area contributed by atoms with Gasteiger partial charge in [0.15, 0.2) is 0 Å². The fourth-order valence-electron chi connectivity index (χ4n) is 2.99. The fourth-order valence-corrected chi connectivity index (χ4v) is 2.99. The number of pyridine rings is 1. The fraction of sp³-hybridized carbons (Fsp3) is 0.0625. The van der Waals surface area contributed by atoms with Crippen LogP contribution in [-0.2, 0) is 6.42 Å². The summed E-state index contributed by atoms with van der Waals surface area (Å²) in [6.07, 6.45) is 0.761. The molecule has 1 heterocycles. The van der Waals surface area contributed by atoms with Crippen LogP contribution in [0.5, 0.6) is 0 Å². The van der Waals surface area contributed by atoms with Gasteiger partial charge in [-0.2, -0.15) is 0 Å². The van der Waals surface area contributed by atoms with E-state index in [1.807, 2.05) is 36.4 Å². The zero-order valence-corrected chi connectivity index (χ0v) is 10.6. The van der Waals surface area contributed by atoms with Crippen molar-refractivity contribution in [3.63, 3.8) is 0 Å². The highest BCUT2D eigenvalue weighted by Gasteiger charge is 2.22. The van der Waals surface area contributed by atoms with E-state index in [-0.39, 0.29) is 5.56 Å². The van der Waals surface area contributed by atoms with Crippen molar-refractivity contribution in [1.29, 1.82) is 0 Å². The summed E-state index contributed by atoms with van der Waals surface area (Å²) in [6, 6.07) is 13.3. The van der Waals surface area contributed by atoms with Crippen LogP contribution in [0.3, 0.4) is 0 Å². The third-order valence-corrected chi connectivity index (χ3v) is 3.91. The summed E-state index contributed by atoms with van der Waals surface area (Å²) in [4.78, 5) is 15.1. The molecule has 0 amide bonds. The van der Waals surface area contributed by atoms with Crippen molar-refractivity contribution >= 4 is 16.5 Å². The SMILES string of the molecule is O=c1[nH]c2c(c3ccccc13)Cc1cc(NO)ccc1-2. The number of aromatic nitrogens is 1. The Morgan fingerprint density at radius 2 is 1.90 bits per heavy atom. The van der Waals surface area contributed by atoms with Crippen LogP contribution in [0.4, 0.5) is 5.69 Å². The minimum Gasteiger partial charge on any atom is -0.321 e. The van der Waals surface area contributed by atoms with Crippen molar-refractivity contribution in [3.05, 3.63) is 63.9 Å². The predicted octanol–water partition coefficient (Wildman–Crippen LogP) is 2.90. The highest BCUT2D eigenvalue weighted by molar-refractivity contribution is 5.93. The first kappa shape index (κ1) is 11.3. The van der Waals surface area contributed by atoms with Gasteiger partial charge in [-0.25, -0.2) is 0 Å². The van der Waals surface area contributed by atoms with Crippen LogP contribution in [0.1, 0.15) is 11.1 Å². The molecule has 0 saturated heterocycles. The van der Waals surface area contributed by atoms with Gasteiger partial charge in [-0.05, 0) is 34.7 Å². The molecule has 0 radical (unpaired) electrons. The maximum absolute atomic E-state index is 12.2. The molecule has 0 unspecified atom stereocenters. The minimum absolute atomic E-state index is 0.0587. The monoisotopic (exact) mass is 264 g/mol. The topological polar surface area (TPSA) is 65.1 Å². The number of hydrogen-bond acceptors (Lipinski definition) is 3. The molecule has 1 aliphatic carbocycles. The number of anilines is 1. The van der Waals surface area contributed by atoms with Crippen LogP contribution < -0.4 is 11.0 Å². The van der Waals surface area contributed by atoms with Crippen molar-refractivity contribution in [2.24, 2.45) is 0 Å². The van der Waals surface area contributed by atoms with Crippen molar-refractivity contribution in [2.75, 3.05) is 5.48 Å². The molecule has 0 fully saturated rings. The average Bonchev–Trinajstić information content (AvgIpc) is 2.85. The molecular formula is C16H12N2O2. The number of H-pyrrole nitrogens is 1. The molecule has 3 aromatic rings. The lowest BCUT2D eigenvalue weighted by atomic mass is 10.0. The molecule has 0 aliphatic heterocycles. The van der Waals surface area contributed by atoms with Gasteiger partial charge in [0.1, 0.15) is 0 Å². The van der Waals surface area contributed by atoms with Gasteiger partial charge in [-0.3, -0.25) is 15.5 Å². The van der Waals surface area contributed by atoms with Crippen LogP contribution in [0.15, 0.2) is 47.3 Å². The molecule has 0 atom stereocenters. The van der Waals surface area contributed by atoms with Gasteiger partial charge < -0.3 is 4.98 Å². The van der Waals surface area contributed by atoms with E-state index in [9.17, 15) is 4.79 Å². The van der Waals surface area contributed by atoms with E-state index < -0.39 is 0 Å². The van der Waals surface area contributed by atoms with Gasteiger partial charge >= 0.3 is 0 Å². The molecule has 4 heteroatoms.